The topological polar surface area (TPSA) is 59.6 Å². The van der Waals surface area contributed by atoms with Crippen LogP contribution in [0.5, 0.6) is 0 Å². The number of benzene rings is 1. The first kappa shape index (κ1) is 15.2. The van der Waals surface area contributed by atoms with Crippen molar-refractivity contribution < 1.29 is 9.13 Å². The van der Waals surface area contributed by atoms with E-state index in [1.807, 2.05) is 6.92 Å². The highest BCUT2D eigenvalue weighted by molar-refractivity contribution is 5.78. The largest absolute Gasteiger partial charge is 0.380 e. The summed E-state index contributed by atoms with van der Waals surface area (Å²) in [5.74, 6) is 0.0728. The maximum absolute atomic E-state index is 13.4. The van der Waals surface area contributed by atoms with Crippen LogP contribution in [0.3, 0.4) is 0 Å². The van der Waals surface area contributed by atoms with Crippen molar-refractivity contribution in [2.75, 3.05) is 13.7 Å². The Morgan fingerprint density at radius 2 is 2.26 bits per heavy atom. The second kappa shape index (κ2) is 7.53. The van der Waals surface area contributed by atoms with Crippen molar-refractivity contribution >= 4 is 5.96 Å². The van der Waals surface area contributed by atoms with Crippen LogP contribution in [-0.2, 0) is 17.9 Å². The number of methoxy groups -OCH3 is 1. The molecule has 0 saturated heterocycles. The molecule has 0 fully saturated rings. The fourth-order valence-corrected chi connectivity index (χ4v) is 1.47. The third kappa shape index (κ3) is 5.52. The zero-order valence-electron chi connectivity index (χ0n) is 11.4. The van der Waals surface area contributed by atoms with E-state index >= 15 is 0 Å². The van der Waals surface area contributed by atoms with Crippen LogP contribution in [0.15, 0.2) is 35.3 Å². The van der Waals surface area contributed by atoms with Crippen LogP contribution < -0.4 is 11.1 Å². The van der Waals surface area contributed by atoms with E-state index in [4.69, 9.17) is 10.5 Å². The van der Waals surface area contributed by atoms with E-state index in [0.29, 0.717) is 24.6 Å². The zero-order chi connectivity index (χ0) is 14.3. The Bertz CT molecular complexity index is 472. The number of aliphatic imine (C=N–C) groups is 1. The van der Waals surface area contributed by atoms with Crippen molar-refractivity contribution in [3.05, 3.63) is 47.3 Å². The highest BCUT2D eigenvalue weighted by atomic mass is 19.1. The minimum absolute atomic E-state index is 0.243. The summed E-state index contributed by atoms with van der Waals surface area (Å²) in [6, 6.07) is 4.83. The van der Waals surface area contributed by atoms with E-state index in [2.05, 4.69) is 16.9 Å². The third-order valence-corrected chi connectivity index (χ3v) is 2.41. The normalized spacial score (nSPS) is 11.4. The maximum Gasteiger partial charge on any atom is 0.189 e. The first-order valence-electron chi connectivity index (χ1n) is 5.97. The average Bonchev–Trinajstić information content (AvgIpc) is 2.37. The smallest absolute Gasteiger partial charge is 0.189 e. The van der Waals surface area contributed by atoms with Crippen molar-refractivity contribution in [3.8, 4) is 0 Å². The number of hydrogen-bond acceptors (Lipinski definition) is 2. The predicted octanol–water partition coefficient (Wildman–Crippen LogP) is 1.95. The summed E-state index contributed by atoms with van der Waals surface area (Å²) in [5, 5.41) is 2.93. The highest BCUT2D eigenvalue weighted by Gasteiger charge is 2.03. The van der Waals surface area contributed by atoms with E-state index in [-0.39, 0.29) is 12.4 Å². The highest BCUT2D eigenvalue weighted by Crippen LogP contribution is 2.12. The Morgan fingerprint density at radius 1 is 1.53 bits per heavy atom. The minimum atomic E-state index is -0.275. The van der Waals surface area contributed by atoms with E-state index in [0.717, 1.165) is 11.1 Å². The van der Waals surface area contributed by atoms with Crippen molar-refractivity contribution in [1.29, 1.82) is 0 Å². The number of nitrogens with two attached hydrogens (primary N) is 1. The fraction of sp³-hybridized carbons (Fsp3) is 0.357. The number of ether oxygens (including phenoxy) is 1. The van der Waals surface area contributed by atoms with Crippen LogP contribution in [0, 0.1) is 5.82 Å². The summed E-state index contributed by atoms with van der Waals surface area (Å²) in [7, 11) is 1.53. The first-order valence-corrected chi connectivity index (χ1v) is 5.97. The molecule has 1 aromatic rings. The molecule has 104 valence electrons. The van der Waals surface area contributed by atoms with Crippen molar-refractivity contribution in [3.63, 3.8) is 0 Å². The van der Waals surface area contributed by atoms with Crippen molar-refractivity contribution in [2.45, 2.75) is 20.1 Å². The Morgan fingerprint density at radius 3 is 2.89 bits per heavy atom. The molecule has 0 radical (unpaired) electrons. The summed E-state index contributed by atoms with van der Waals surface area (Å²) in [4.78, 5) is 4.18. The standard InChI is InChI=1S/C14H20FN3O/c1-10(2)7-17-14(16)18-8-11-4-5-13(15)12(6-11)9-19-3/h4-6H,1,7-9H2,2-3H3,(H3,16,17,18). The lowest BCUT2D eigenvalue weighted by atomic mass is 10.1. The number of nitrogens with zero attached hydrogens (tertiary/aromatic N) is 1. The molecule has 0 aliphatic rings. The van der Waals surface area contributed by atoms with Gasteiger partial charge in [0.15, 0.2) is 5.96 Å². The van der Waals surface area contributed by atoms with Crippen LogP contribution in [-0.4, -0.2) is 19.6 Å². The minimum Gasteiger partial charge on any atom is -0.380 e. The van der Waals surface area contributed by atoms with Gasteiger partial charge in [-0.15, -0.1) is 0 Å². The van der Waals surface area contributed by atoms with Crippen LogP contribution >= 0.6 is 0 Å². The average molecular weight is 265 g/mol. The monoisotopic (exact) mass is 265 g/mol. The lowest BCUT2D eigenvalue weighted by molar-refractivity contribution is 0.181. The van der Waals surface area contributed by atoms with E-state index in [1.165, 1.54) is 13.2 Å². The molecule has 0 amide bonds. The van der Waals surface area contributed by atoms with Crippen LogP contribution in [0.4, 0.5) is 4.39 Å². The van der Waals surface area contributed by atoms with Gasteiger partial charge in [-0.3, -0.25) is 0 Å². The van der Waals surface area contributed by atoms with Gasteiger partial charge >= 0.3 is 0 Å². The molecule has 0 aliphatic carbocycles. The molecule has 0 bridgehead atoms. The Labute approximate surface area is 113 Å². The van der Waals surface area contributed by atoms with Gasteiger partial charge in [0.25, 0.3) is 0 Å². The maximum atomic E-state index is 13.4. The van der Waals surface area contributed by atoms with Gasteiger partial charge in [0, 0.05) is 19.2 Å². The fourth-order valence-electron chi connectivity index (χ4n) is 1.47. The summed E-state index contributed by atoms with van der Waals surface area (Å²) < 4.78 is 18.3. The summed E-state index contributed by atoms with van der Waals surface area (Å²) >= 11 is 0. The van der Waals surface area contributed by atoms with Gasteiger partial charge in [0.1, 0.15) is 5.82 Å². The summed E-state index contributed by atoms with van der Waals surface area (Å²) in [6.07, 6.45) is 0. The molecule has 0 unspecified atom stereocenters. The van der Waals surface area contributed by atoms with Crippen molar-refractivity contribution in [1.82, 2.24) is 5.32 Å². The predicted molar refractivity (Wildman–Crippen MR) is 75.3 cm³/mol. The molecule has 0 atom stereocenters. The first-order chi connectivity index (χ1) is 9.02. The molecule has 0 saturated carbocycles. The molecule has 0 aromatic heterocycles. The lowest BCUT2D eigenvalue weighted by Gasteiger charge is -2.06. The number of guanidine groups is 1. The van der Waals surface area contributed by atoms with Crippen LogP contribution in [0.1, 0.15) is 18.1 Å². The van der Waals surface area contributed by atoms with E-state index in [1.54, 1.807) is 12.1 Å². The zero-order valence-corrected chi connectivity index (χ0v) is 11.4. The van der Waals surface area contributed by atoms with Gasteiger partial charge in [-0.1, -0.05) is 18.2 Å². The SMILES string of the molecule is C=C(C)CNC(N)=NCc1ccc(F)c(COC)c1. The second-order valence-electron chi connectivity index (χ2n) is 4.37. The van der Waals surface area contributed by atoms with Gasteiger partial charge in [0.05, 0.1) is 13.2 Å². The Hall–Kier alpha value is -1.88. The molecule has 3 N–H and O–H groups in total. The molecule has 4 nitrogen and oxygen atoms in total. The lowest BCUT2D eigenvalue weighted by Crippen LogP contribution is -2.32. The van der Waals surface area contributed by atoms with Gasteiger partial charge in [-0.2, -0.15) is 0 Å². The number of halogens is 1. The molecule has 0 spiro atoms. The molecule has 19 heavy (non-hydrogen) atoms. The number of rotatable bonds is 6. The molecular weight excluding hydrogens is 245 g/mol. The van der Waals surface area contributed by atoms with Gasteiger partial charge in [-0.25, -0.2) is 9.38 Å². The molecule has 1 rings (SSSR count). The van der Waals surface area contributed by atoms with Crippen LogP contribution in [0.2, 0.25) is 0 Å². The van der Waals surface area contributed by atoms with Gasteiger partial charge < -0.3 is 15.8 Å². The van der Waals surface area contributed by atoms with Gasteiger partial charge in [0.2, 0.25) is 0 Å². The number of nitrogens with one attached hydrogen (secondary N) is 1. The number of hydrogen-bond donors (Lipinski definition) is 2. The molecule has 0 aliphatic heterocycles. The second-order valence-corrected chi connectivity index (χ2v) is 4.37. The summed E-state index contributed by atoms with van der Waals surface area (Å²) in [6.45, 7) is 6.89. The van der Waals surface area contributed by atoms with E-state index in [9.17, 15) is 4.39 Å². The quantitative estimate of drug-likeness (QED) is 0.469. The van der Waals surface area contributed by atoms with E-state index < -0.39 is 0 Å². The Balaban J connectivity index is 2.64. The van der Waals surface area contributed by atoms with Crippen molar-refractivity contribution in [2.24, 2.45) is 10.7 Å². The molecular formula is C14H20FN3O. The summed E-state index contributed by atoms with van der Waals surface area (Å²) in [5.41, 5.74) is 8.07. The Kier molecular flexibility index (Phi) is 6.02. The van der Waals surface area contributed by atoms with Gasteiger partial charge in [-0.05, 0) is 24.6 Å². The molecule has 1 aromatic carbocycles. The molecule has 5 heteroatoms. The van der Waals surface area contributed by atoms with Crippen LogP contribution in [0.25, 0.3) is 0 Å². The third-order valence-electron chi connectivity index (χ3n) is 2.41. The molecule has 0 heterocycles.